The molecule has 0 aromatic heterocycles. The number of fused-ring (bicyclic) bond motifs is 1. The van der Waals surface area contributed by atoms with Crippen molar-refractivity contribution in [1.82, 2.24) is 0 Å². The Labute approximate surface area is 95.7 Å². The third-order valence-corrected chi connectivity index (χ3v) is 3.24. The Hall–Kier alpha value is -1.77. The quantitative estimate of drug-likeness (QED) is 0.445. The smallest absolute Gasteiger partial charge is 0.0679 e. The van der Waals surface area contributed by atoms with Crippen molar-refractivity contribution in [1.29, 1.82) is 0 Å². The molecule has 3 nitrogen and oxygen atoms in total. The number of para-hydroxylation sites is 1. The van der Waals surface area contributed by atoms with Crippen LogP contribution in [0.2, 0.25) is 0 Å². The molecule has 3 heteroatoms. The number of benzene rings is 1. The summed E-state index contributed by atoms with van der Waals surface area (Å²) in [4.78, 5) is 2.14. The van der Waals surface area contributed by atoms with E-state index in [9.17, 15) is 0 Å². The number of hydrogen-bond acceptors (Lipinski definition) is 3. The molecule has 0 aliphatic carbocycles. The fourth-order valence-corrected chi connectivity index (χ4v) is 2.41. The van der Waals surface area contributed by atoms with E-state index in [1.165, 1.54) is 17.5 Å². The van der Waals surface area contributed by atoms with Gasteiger partial charge in [-0.2, -0.15) is 0 Å². The van der Waals surface area contributed by atoms with Crippen molar-refractivity contribution >= 4 is 11.9 Å². The first-order valence-corrected chi connectivity index (χ1v) is 5.30. The summed E-state index contributed by atoms with van der Waals surface area (Å²) in [5.74, 6) is 0. The zero-order chi connectivity index (χ0) is 11.8. The van der Waals surface area contributed by atoms with Gasteiger partial charge in [0.2, 0.25) is 0 Å². The van der Waals surface area contributed by atoms with E-state index in [2.05, 4.69) is 42.1 Å². The van der Waals surface area contributed by atoms with Crippen LogP contribution in [0.3, 0.4) is 0 Å². The third kappa shape index (κ3) is 1.40. The van der Waals surface area contributed by atoms with E-state index in [1.807, 2.05) is 19.2 Å². The van der Waals surface area contributed by atoms with Crippen molar-refractivity contribution in [3.63, 3.8) is 0 Å². The molecule has 84 valence electrons. The predicted octanol–water partition coefficient (Wildman–Crippen LogP) is 2.76. The van der Waals surface area contributed by atoms with Gasteiger partial charge in [0.15, 0.2) is 0 Å². The molecule has 0 radical (unpaired) electrons. The van der Waals surface area contributed by atoms with Crippen LogP contribution in [0.5, 0.6) is 0 Å². The van der Waals surface area contributed by atoms with Crippen molar-refractivity contribution in [2.75, 3.05) is 11.9 Å². The molecule has 0 bridgehead atoms. The number of oxime groups is 1. The summed E-state index contributed by atoms with van der Waals surface area (Å²) in [6, 6.07) is 8.34. The molecule has 0 atom stereocenters. The van der Waals surface area contributed by atoms with Crippen molar-refractivity contribution in [3.8, 4) is 0 Å². The fraction of sp³-hybridized carbons (Fsp3) is 0.308. The topological polar surface area (TPSA) is 35.8 Å². The van der Waals surface area contributed by atoms with Gasteiger partial charge in [-0.25, -0.2) is 0 Å². The lowest BCUT2D eigenvalue weighted by atomic mass is 9.84. The lowest BCUT2D eigenvalue weighted by Crippen LogP contribution is -2.23. The molecule has 16 heavy (non-hydrogen) atoms. The summed E-state index contributed by atoms with van der Waals surface area (Å²) in [5.41, 5.74) is 3.60. The highest BCUT2D eigenvalue weighted by Crippen LogP contribution is 2.46. The van der Waals surface area contributed by atoms with Gasteiger partial charge in [-0.05, 0) is 17.7 Å². The van der Waals surface area contributed by atoms with Crippen LogP contribution in [0, 0.1) is 0 Å². The molecule has 0 fully saturated rings. The van der Waals surface area contributed by atoms with E-state index in [1.54, 1.807) is 0 Å². The minimum Gasteiger partial charge on any atom is -0.411 e. The van der Waals surface area contributed by atoms with Crippen LogP contribution in [0.25, 0.3) is 0 Å². The van der Waals surface area contributed by atoms with Crippen LogP contribution in [0.4, 0.5) is 5.69 Å². The minimum atomic E-state index is -0.0491. The summed E-state index contributed by atoms with van der Waals surface area (Å²) in [7, 11) is 2.03. The van der Waals surface area contributed by atoms with Crippen molar-refractivity contribution < 1.29 is 5.21 Å². The lowest BCUT2D eigenvalue weighted by Gasteiger charge is -2.23. The summed E-state index contributed by atoms with van der Waals surface area (Å²) < 4.78 is 0. The number of likely N-dealkylation sites (N-methyl/N-ethyl adjacent to an activating group) is 1. The molecule has 0 unspecified atom stereocenters. The van der Waals surface area contributed by atoms with E-state index in [0.717, 1.165) is 5.70 Å². The van der Waals surface area contributed by atoms with Gasteiger partial charge < -0.3 is 10.1 Å². The SMILES string of the molecule is CN1/C(=C/C=N/O)C(C)(C)c2ccccc21. The van der Waals surface area contributed by atoms with Crippen LogP contribution < -0.4 is 4.90 Å². The van der Waals surface area contributed by atoms with Gasteiger partial charge in [-0.1, -0.05) is 37.2 Å². The fourth-order valence-electron chi connectivity index (χ4n) is 2.41. The highest BCUT2D eigenvalue weighted by molar-refractivity contribution is 5.78. The van der Waals surface area contributed by atoms with Gasteiger partial charge in [-0.15, -0.1) is 0 Å². The zero-order valence-electron chi connectivity index (χ0n) is 9.81. The van der Waals surface area contributed by atoms with E-state index in [4.69, 9.17) is 5.21 Å². The second-order valence-electron chi connectivity index (χ2n) is 4.52. The average molecular weight is 216 g/mol. The minimum absolute atomic E-state index is 0.0491. The highest BCUT2D eigenvalue weighted by Gasteiger charge is 2.37. The zero-order valence-corrected chi connectivity index (χ0v) is 9.81. The van der Waals surface area contributed by atoms with Crippen LogP contribution in [-0.2, 0) is 5.41 Å². The number of hydrogen-bond donors (Lipinski definition) is 1. The Bertz CT molecular complexity index is 461. The number of anilines is 1. The maximum Gasteiger partial charge on any atom is 0.0679 e. The van der Waals surface area contributed by atoms with Crippen LogP contribution in [0.1, 0.15) is 19.4 Å². The van der Waals surface area contributed by atoms with E-state index < -0.39 is 0 Å². The third-order valence-electron chi connectivity index (χ3n) is 3.24. The molecule has 0 saturated heterocycles. The van der Waals surface area contributed by atoms with Gasteiger partial charge in [0.1, 0.15) is 0 Å². The summed E-state index contributed by atoms with van der Waals surface area (Å²) in [6.07, 6.45) is 3.26. The van der Waals surface area contributed by atoms with Crippen molar-refractivity contribution in [2.24, 2.45) is 5.16 Å². The Morgan fingerprint density at radius 3 is 2.62 bits per heavy atom. The maximum absolute atomic E-state index is 8.51. The van der Waals surface area contributed by atoms with Crippen LogP contribution in [-0.4, -0.2) is 18.5 Å². The molecule has 1 aliphatic heterocycles. The molecule has 1 aromatic rings. The lowest BCUT2D eigenvalue weighted by molar-refractivity contribution is 0.322. The van der Waals surface area contributed by atoms with Gasteiger partial charge in [0, 0.05) is 23.8 Å². The van der Waals surface area contributed by atoms with E-state index in [-0.39, 0.29) is 5.41 Å². The molecular weight excluding hydrogens is 200 g/mol. The first-order chi connectivity index (χ1) is 7.59. The summed E-state index contributed by atoms with van der Waals surface area (Å²) >= 11 is 0. The second-order valence-corrected chi connectivity index (χ2v) is 4.52. The Balaban J connectivity index is 2.57. The van der Waals surface area contributed by atoms with Gasteiger partial charge in [-0.3, -0.25) is 0 Å². The molecule has 2 rings (SSSR count). The highest BCUT2D eigenvalue weighted by atomic mass is 16.4. The van der Waals surface area contributed by atoms with E-state index >= 15 is 0 Å². The molecule has 0 amide bonds. The van der Waals surface area contributed by atoms with Gasteiger partial charge in [0.25, 0.3) is 0 Å². The Kier molecular flexibility index (Phi) is 2.46. The largest absolute Gasteiger partial charge is 0.411 e. The summed E-state index contributed by atoms with van der Waals surface area (Å²) in [6.45, 7) is 4.35. The van der Waals surface area contributed by atoms with Crippen LogP contribution >= 0.6 is 0 Å². The predicted molar refractivity (Wildman–Crippen MR) is 66.2 cm³/mol. The Morgan fingerprint density at radius 1 is 1.31 bits per heavy atom. The number of nitrogens with zero attached hydrogens (tertiary/aromatic N) is 2. The molecule has 1 aliphatic rings. The maximum atomic E-state index is 8.51. The molecule has 1 heterocycles. The molecular formula is C13H16N2O. The standard InChI is InChI=1S/C13H16N2O/c1-13(2)10-6-4-5-7-11(10)15(3)12(13)8-9-14-16/h4-9,16H,1-3H3/b12-8+,14-9+. The van der Waals surface area contributed by atoms with Gasteiger partial charge in [0.05, 0.1) is 6.21 Å². The number of rotatable bonds is 1. The molecule has 1 aromatic carbocycles. The van der Waals surface area contributed by atoms with Crippen molar-refractivity contribution in [2.45, 2.75) is 19.3 Å². The Morgan fingerprint density at radius 2 is 2.00 bits per heavy atom. The molecule has 1 N–H and O–H groups in total. The van der Waals surface area contributed by atoms with Gasteiger partial charge >= 0.3 is 0 Å². The normalized spacial score (nSPS) is 20.7. The molecule has 0 spiro atoms. The second kappa shape index (κ2) is 3.67. The first kappa shape index (κ1) is 10.7. The molecule has 0 saturated carbocycles. The van der Waals surface area contributed by atoms with Crippen LogP contribution in [0.15, 0.2) is 41.2 Å². The van der Waals surface area contributed by atoms with Crippen molar-refractivity contribution in [3.05, 3.63) is 41.6 Å². The first-order valence-electron chi connectivity index (χ1n) is 5.30. The average Bonchev–Trinajstić information content (AvgIpc) is 2.46. The summed E-state index contributed by atoms with van der Waals surface area (Å²) in [5, 5.41) is 11.5. The number of allylic oxidation sites excluding steroid dienone is 2. The monoisotopic (exact) mass is 216 g/mol. The van der Waals surface area contributed by atoms with E-state index in [0.29, 0.717) is 0 Å².